The van der Waals surface area contributed by atoms with Crippen molar-refractivity contribution < 1.29 is 14.3 Å². The number of aromatic nitrogens is 3. The van der Waals surface area contributed by atoms with Gasteiger partial charge in [-0.1, -0.05) is 12.1 Å². The number of carbonyl (C=O) groups is 2. The number of ether oxygens (including phenoxy) is 1. The number of amides is 1. The summed E-state index contributed by atoms with van der Waals surface area (Å²) in [5, 5.41) is 4.11. The summed E-state index contributed by atoms with van der Waals surface area (Å²) in [6.45, 7) is 3.48. The fourth-order valence-corrected chi connectivity index (χ4v) is 3.11. The molecular formula is C22H24N4O3. The van der Waals surface area contributed by atoms with Crippen LogP contribution in [0.4, 0.5) is 0 Å². The molecule has 1 atom stereocenters. The highest BCUT2D eigenvalue weighted by Gasteiger charge is 2.20. The largest absolute Gasteiger partial charge is 0.496 e. The molecule has 150 valence electrons. The molecule has 3 aromatic rings. The first-order chi connectivity index (χ1) is 13.9. The van der Waals surface area contributed by atoms with E-state index in [1.54, 1.807) is 48.3 Å². The van der Waals surface area contributed by atoms with E-state index in [2.05, 4.69) is 10.1 Å². The second kappa shape index (κ2) is 8.68. The zero-order chi connectivity index (χ0) is 21.0. The predicted octanol–water partition coefficient (Wildman–Crippen LogP) is 3.24. The van der Waals surface area contributed by atoms with Gasteiger partial charge in [-0.15, -0.1) is 0 Å². The fraction of sp³-hybridized carbons (Fsp3) is 0.273. The van der Waals surface area contributed by atoms with Gasteiger partial charge in [0.05, 0.1) is 25.3 Å². The molecule has 0 fully saturated rings. The molecule has 2 aromatic carbocycles. The van der Waals surface area contributed by atoms with Gasteiger partial charge in [0.2, 0.25) is 5.91 Å². The van der Waals surface area contributed by atoms with Crippen LogP contribution in [0.2, 0.25) is 0 Å². The number of benzene rings is 2. The summed E-state index contributed by atoms with van der Waals surface area (Å²) >= 11 is 0. The van der Waals surface area contributed by atoms with Gasteiger partial charge in [0.25, 0.3) is 0 Å². The lowest BCUT2D eigenvalue weighted by molar-refractivity contribution is -0.131. The Labute approximate surface area is 169 Å². The first-order valence-corrected chi connectivity index (χ1v) is 9.29. The Kier molecular flexibility index (Phi) is 6.07. The number of rotatable bonds is 7. The smallest absolute Gasteiger partial charge is 0.227 e. The molecule has 0 unspecified atom stereocenters. The molecule has 0 saturated heterocycles. The Morgan fingerprint density at radius 3 is 2.48 bits per heavy atom. The van der Waals surface area contributed by atoms with Crippen LogP contribution in [0, 0.1) is 0 Å². The number of methoxy groups -OCH3 is 1. The summed E-state index contributed by atoms with van der Waals surface area (Å²) in [6.07, 6.45) is 3.27. The third-order valence-electron chi connectivity index (χ3n) is 5.06. The average molecular weight is 392 g/mol. The highest BCUT2D eigenvalue weighted by Crippen LogP contribution is 2.24. The summed E-state index contributed by atoms with van der Waals surface area (Å²) in [5.41, 5.74) is 3.17. The summed E-state index contributed by atoms with van der Waals surface area (Å²) in [6, 6.07) is 12.9. The second-order valence-corrected chi connectivity index (χ2v) is 6.87. The van der Waals surface area contributed by atoms with Gasteiger partial charge < -0.3 is 9.64 Å². The van der Waals surface area contributed by atoms with E-state index < -0.39 is 0 Å². The van der Waals surface area contributed by atoms with Crippen LogP contribution < -0.4 is 4.74 Å². The molecule has 0 aliphatic rings. The van der Waals surface area contributed by atoms with Gasteiger partial charge in [-0.25, -0.2) is 9.67 Å². The highest BCUT2D eigenvalue weighted by atomic mass is 16.5. The van der Waals surface area contributed by atoms with Crippen molar-refractivity contribution in [2.75, 3.05) is 14.2 Å². The number of hydrogen-bond acceptors (Lipinski definition) is 5. The van der Waals surface area contributed by atoms with E-state index in [0.29, 0.717) is 16.9 Å². The quantitative estimate of drug-likeness (QED) is 0.577. The minimum absolute atomic E-state index is 0.0458. The van der Waals surface area contributed by atoms with Crippen molar-refractivity contribution >= 4 is 11.7 Å². The summed E-state index contributed by atoms with van der Waals surface area (Å²) < 4.78 is 7.04. The van der Waals surface area contributed by atoms with Crippen LogP contribution in [-0.4, -0.2) is 45.5 Å². The number of ketones is 1. The van der Waals surface area contributed by atoms with E-state index in [9.17, 15) is 9.59 Å². The van der Waals surface area contributed by atoms with E-state index in [-0.39, 0.29) is 24.2 Å². The van der Waals surface area contributed by atoms with Crippen molar-refractivity contribution in [3.05, 3.63) is 71.8 Å². The maximum absolute atomic E-state index is 12.9. The average Bonchev–Trinajstić information content (AvgIpc) is 3.27. The first kappa shape index (κ1) is 20.3. The number of Topliss-reactive ketones (excluding diaryl/α,β-unsaturated/α-hetero) is 1. The van der Waals surface area contributed by atoms with Crippen LogP contribution in [0.5, 0.6) is 5.75 Å². The predicted molar refractivity (Wildman–Crippen MR) is 109 cm³/mol. The zero-order valence-corrected chi connectivity index (χ0v) is 17.0. The molecule has 0 aliphatic heterocycles. The van der Waals surface area contributed by atoms with E-state index in [1.807, 2.05) is 31.2 Å². The number of hydrogen-bond donors (Lipinski definition) is 0. The van der Waals surface area contributed by atoms with Crippen molar-refractivity contribution in [1.29, 1.82) is 0 Å². The zero-order valence-electron chi connectivity index (χ0n) is 17.0. The molecule has 7 nitrogen and oxygen atoms in total. The van der Waals surface area contributed by atoms with Crippen LogP contribution in [0.15, 0.2) is 55.1 Å². The van der Waals surface area contributed by atoms with E-state index in [1.165, 1.54) is 13.3 Å². The highest BCUT2D eigenvalue weighted by molar-refractivity contribution is 5.94. The van der Waals surface area contributed by atoms with Gasteiger partial charge in [-0.05, 0) is 49.7 Å². The Morgan fingerprint density at radius 1 is 1.17 bits per heavy atom. The van der Waals surface area contributed by atoms with Gasteiger partial charge >= 0.3 is 0 Å². The van der Waals surface area contributed by atoms with Crippen molar-refractivity contribution in [3.63, 3.8) is 0 Å². The Morgan fingerprint density at radius 2 is 1.90 bits per heavy atom. The van der Waals surface area contributed by atoms with Gasteiger partial charge in [0, 0.05) is 18.2 Å². The molecule has 7 heteroatoms. The van der Waals surface area contributed by atoms with Gasteiger partial charge in [0.15, 0.2) is 5.78 Å². The molecule has 1 heterocycles. The molecule has 0 spiro atoms. The maximum atomic E-state index is 12.9. The molecule has 1 amide bonds. The molecule has 0 N–H and O–H groups in total. The summed E-state index contributed by atoms with van der Waals surface area (Å²) in [4.78, 5) is 30.2. The van der Waals surface area contributed by atoms with E-state index in [4.69, 9.17) is 4.74 Å². The van der Waals surface area contributed by atoms with Crippen LogP contribution in [0.3, 0.4) is 0 Å². The third kappa shape index (κ3) is 4.51. The van der Waals surface area contributed by atoms with Gasteiger partial charge in [-0.3, -0.25) is 9.59 Å². The minimum atomic E-state index is -0.116. The second-order valence-electron chi connectivity index (χ2n) is 6.87. The third-order valence-corrected chi connectivity index (χ3v) is 5.06. The summed E-state index contributed by atoms with van der Waals surface area (Å²) in [5.74, 6) is 0.494. The molecule has 3 rings (SSSR count). The van der Waals surface area contributed by atoms with Crippen molar-refractivity contribution in [2.45, 2.75) is 26.3 Å². The first-order valence-electron chi connectivity index (χ1n) is 9.29. The van der Waals surface area contributed by atoms with Crippen molar-refractivity contribution in [3.8, 4) is 11.4 Å². The molecule has 0 saturated carbocycles. The lowest BCUT2D eigenvalue weighted by Gasteiger charge is -2.26. The fourth-order valence-electron chi connectivity index (χ4n) is 3.11. The Hall–Kier alpha value is -3.48. The van der Waals surface area contributed by atoms with E-state index >= 15 is 0 Å². The topological polar surface area (TPSA) is 77.3 Å². The van der Waals surface area contributed by atoms with E-state index in [0.717, 1.165) is 11.3 Å². The normalized spacial score (nSPS) is 11.7. The van der Waals surface area contributed by atoms with Gasteiger partial charge in [-0.2, -0.15) is 5.10 Å². The molecular weight excluding hydrogens is 368 g/mol. The van der Waals surface area contributed by atoms with Crippen LogP contribution in [0.1, 0.15) is 41.4 Å². The maximum Gasteiger partial charge on any atom is 0.227 e. The molecule has 29 heavy (non-hydrogen) atoms. The van der Waals surface area contributed by atoms with Gasteiger partial charge in [0.1, 0.15) is 18.4 Å². The molecule has 0 radical (unpaired) electrons. The Balaban J connectivity index is 1.74. The Bertz CT molecular complexity index is 997. The number of nitrogens with zero attached hydrogens (tertiary/aromatic N) is 4. The van der Waals surface area contributed by atoms with Crippen molar-refractivity contribution in [1.82, 2.24) is 19.7 Å². The van der Waals surface area contributed by atoms with Crippen LogP contribution in [-0.2, 0) is 11.2 Å². The van der Waals surface area contributed by atoms with Crippen LogP contribution in [0.25, 0.3) is 5.69 Å². The molecule has 0 bridgehead atoms. The van der Waals surface area contributed by atoms with Crippen LogP contribution >= 0.6 is 0 Å². The monoisotopic (exact) mass is 392 g/mol. The minimum Gasteiger partial charge on any atom is -0.496 e. The standard InChI is InChI=1S/C22H24N4O3/c1-15(17-5-8-20(9-6-17)26-14-23-13-24-26)25(3)22(28)12-19-11-18(16(2)27)7-10-21(19)29-4/h5-11,13-15H,12H2,1-4H3/t15-/m1/s1. The van der Waals surface area contributed by atoms with Crippen molar-refractivity contribution in [2.24, 2.45) is 0 Å². The lowest BCUT2D eigenvalue weighted by atomic mass is 10.0. The SMILES string of the molecule is COc1ccc(C(C)=O)cc1CC(=O)N(C)[C@H](C)c1ccc(-n2cncn2)cc1. The molecule has 1 aromatic heterocycles. The summed E-state index contributed by atoms with van der Waals surface area (Å²) in [7, 11) is 3.33. The number of carbonyl (C=O) groups excluding carboxylic acids is 2. The lowest BCUT2D eigenvalue weighted by Crippen LogP contribution is -2.31. The molecule has 0 aliphatic carbocycles. The number of likely N-dealkylation sites (N-methyl/N-ethyl adjacent to an activating group) is 1.